The molecule has 0 amide bonds. The Bertz CT molecular complexity index is 935. The molecular weight excluding hydrogens is 288 g/mol. The van der Waals surface area contributed by atoms with Crippen molar-refractivity contribution < 1.29 is 0 Å². The number of para-hydroxylation sites is 1. The van der Waals surface area contributed by atoms with Gasteiger partial charge in [0.05, 0.1) is 6.04 Å². The number of rotatable bonds is 3. The number of hydrogen-bond acceptors (Lipinski definition) is 2. The number of aromatic nitrogens is 1. The molecule has 0 aliphatic carbocycles. The second-order valence-corrected chi connectivity index (χ2v) is 6.35. The second kappa shape index (κ2) is 5.27. The third kappa shape index (κ3) is 1.97. The van der Waals surface area contributed by atoms with E-state index in [0.29, 0.717) is 0 Å². The van der Waals surface area contributed by atoms with Gasteiger partial charge in [-0.1, -0.05) is 24.3 Å². The van der Waals surface area contributed by atoms with Crippen molar-refractivity contribution in [2.75, 3.05) is 0 Å². The summed E-state index contributed by atoms with van der Waals surface area (Å²) in [5.41, 5.74) is 11.4. The number of nitrogens with two attached hydrogens (primary N) is 1. The maximum Gasteiger partial charge on any atom is 0.0560 e. The molecule has 0 bridgehead atoms. The zero-order valence-corrected chi connectivity index (χ0v) is 13.3. The largest absolute Gasteiger partial charge is 0.341 e. The summed E-state index contributed by atoms with van der Waals surface area (Å²) in [6, 6.07) is 17.3. The average molecular weight is 306 g/mol. The van der Waals surface area contributed by atoms with E-state index in [2.05, 4.69) is 70.8 Å². The molecule has 3 heteroatoms. The van der Waals surface area contributed by atoms with Crippen LogP contribution in [0.2, 0.25) is 0 Å². The Kier molecular flexibility index (Phi) is 3.25. The van der Waals surface area contributed by atoms with Crippen LogP contribution in [-0.4, -0.2) is 4.57 Å². The van der Waals surface area contributed by atoms with Crippen LogP contribution in [0.15, 0.2) is 59.3 Å². The topological polar surface area (TPSA) is 30.9 Å². The zero-order chi connectivity index (χ0) is 15.1. The van der Waals surface area contributed by atoms with Gasteiger partial charge in [0.1, 0.15) is 0 Å². The quantitative estimate of drug-likeness (QED) is 0.572. The Morgan fingerprint density at radius 1 is 1.00 bits per heavy atom. The van der Waals surface area contributed by atoms with E-state index in [9.17, 15) is 0 Å². The molecule has 0 spiro atoms. The van der Waals surface area contributed by atoms with Crippen molar-refractivity contribution in [2.45, 2.75) is 19.5 Å². The molecule has 4 rings (SSSR count). The second-order valence-electron chi connectivity index (χ2n) is 5.57. The summed E-state index contributed by atoms with van der Waals surface area (Å²) in [4.78, 5) is 0. The third-order valence-corrected chi connectivity index (χ3v) is 5.08. The Hall–Kier alpha value is -2.10. The van der Waals surface area contributed by atoms with Crippen LogP contribution in [0, 0.1) is 0 Å². The summed E-state index contributed by atoms with van der Waals surface area (Å²) in [6.07, 6.45) is 0. The van der Waals surface area contributed by atoms with Crippen LogP contribution >= 0.6 is 11.3 Å². The van der Waals surface area contributed by atoms with Crippen LogP contribution < -0.4 is 5.73 Å². The molecule has 110 valence electrons. The van der Waals surface area contributed by atoms with Gasteiger partial charge in [0, 0.05) is 28.4 Å². The highest BCUT2D eigenvalue weighted by Crippen LogP contribution is 2.32. The summed E-state index contributed by atoms with van der Waals surface area (Å²) in [5.74, 6) is 0. The summed E-state index contributed by atoms with van der Waals surface area (Å²) in [6.45, 7) is 3.16. The minimum Gasteiger partial charge on any atom is -0.341 e. The van der Waals surface area contributed by atoms with E-state index in [-0.39, 0.29) is 6.04 Å². The average Bonchev–Trinajstić information content (AvgIpc) is 3.20. The Balaban J connectivity index is 1.96. The lowest BCUT2D eigenvalue weighted by Gasteiger charge is -2.11. The van der Waals surface area contributed by atoms with E-state index in [1.54, 1.807) is 11.3 Å². The number of hydrogen-bond donors (Lipinski definition) is 1. The summed E-state index contributed by atoms with van der Waals surface area (Å²) < 4.78 is 2.37. The lowest BCUT2D eigenvalue weighted by atomic mass is 10.00. The maximum atomic E-state index is 6.44. The van der Waals surface area contributed by atoms with Crippen molar-refractivity contribution in [1.29, 1.82) is 0 Å². The first-order valence-electron chi connectivity index (χ1n) is 7.58. The van der Waals surface area contributed by atoms with E-state index >= 15 is 0 Å². The molecular formula is C19H18N2S. The van der Waals surface area contributed by atoms with E-state index in [1.165, 1.54) is 32.9 Å². The molecule has 0 saturated heterocycles. The predicted molar refractivity (Wildman–Crippen MR) is 95.5 cm³/mol. The minimum absolute atomic E-state index is 0.0561. The summed E-state index contributed by atoms with van der Waals surface area (Å²) in [7, 11) is 0. The summed E-state index contributed by atoms with van der Waals surface area (Å²) in [5, 5.41) is 6.81. The molecule has 2 nitrogen and oxygen atoms in total. The van der Waals surface area contributed by atoms with Crippen LogP contribution in [0.4, 0.5) is 0 Å². The van der Waals surface area contributed by atoms with Crippen molar-refractivity contribution in [3.63, 3.8) is 0 Å². The molecule has 2 heterocycles. The SMILES string of the molecule is CCn1c2ccccc2c2cc([C@@H](N)c3ccsc3)ccc21. The normalized spacial score (nSPS) is 13.0. The Morgan fingerprint density at radius 3 is 2.59 bits per heavy atom. The van der Waals surface area contributed by atoms with Crippen molar-refractivity contribution in [3.05, 3.63) is 70.4 Å². The minimum atomic E-state index is -0.0561. The number of aryl methyl sites for hydroxylation is 1. The van der Waals surface area contributed by atoms with Crippen LogP contribution in [0.25, 0.3) is 21.8 Å². The van der Waals surface area contributed by atoms with Crippen LogP contribution in [0.1, 0.15) is 24.1 Å². The molecule has 0 aliphatic heterocycles. The fourth-order valence-electron chi connectivity index (χ4n) is 3.25. The van der Waals surface area contributed by atoms with Gasteiger partial charge in [-0.15, -0.1) is 0 Å². The number of thiophene rings is 1. The van der Waals surface area contributed by atoms with Crippen LogP contribution in [-0.2, 0) is 6.54 Å². The van der Waals surface area contributed by atoms with Crippen molar-refractivity contribution >= 4 is 33.1 Å². The lowest BCUT2D eigenvalue weighted by molar-refractivity contribution is 0.826. The van der Waals surface area contributed by atoms with Gasteiger partial charge in [0.2, 0.25) is 0 Å². The highest BCUT2D eigenvalue weighted by atomic mass is 32.1. The van der Waals surface area contributed by atoms with Crippen LogP contribution in [0.5, 0.6) is 0 Å². The fraction of sp³-hybridized carbons (Fsp3) is 0.158. The zero-order valence-electron chi connectivity index (χ0n) is 12.5. The van der Waals surface area contributed by atoms with Gasteiger partial charge in [0.25, 0.3) is 0 Å². The van der Waals surface area contributed by atoms with Gasteiger partial charge < -0.3 is 10.3 Å². The molecule has 0 radical (unpaired) electrons. The first-order valence-corrected chi connectivity index (χ1v) is 8.52. The smallest absolute Gasteiger partial charge is 0.0560 e. The van der Waals surface area contributed by atoms with Gasteiger partial charge in [-0.25, -0.2) is 0 Å². The monoisotopic (exact) mass is 306 g/mol. The molecule has 22 heavy (non-hydrogen) atoms. The molecule has 4 aromatic rings. The summed E-state index contributed by atoms with van der Waals surface area (Å²) >= 11 is 1.69. The van der Waals surface area contributed by atoms with Gasteiger partial charge in [-0.2, -0.15) is 11.3 Å². The van der Waals surface area contributed by atoms with Crippen LogP contribution in [0.3, 0.4) is 0 Å². The fourth-order valence-corrected chi connectivity index (χ4v) is 3.95. The van der Waals surface area contributed by atoms with E-state index in [4.69, 9.17) is 5.73 Å². The molecule has 2 aromatic heterocycles. The van der Waals surface area contributed by atoms with E-state index in [1.807, 2.05) is 0 Å². The highest BCUT2D eigenvalue weighted by molar-refractivity contribution is 7.08. The number of fused-ring (bicyclic) bond motifs is 3. The number of benzene rings is 2. The van der Waals surface area contributed by atoms with E-state index in [0.717, 1.165) is 6.54 Å². The van der Waals surface area contributed by atoms with Crippen molar-refractivity contribution in [1.82, 2.24) is 4.57 Å². The molecule has 1 atom stereocenters. The highest BCUT2D eigenvalue weighted by Gasteiger charge is 2.13. The van der Waals surface area contributed by atoms with Gasteiger partial charge >= 0.3 is 0 Å². The van der Waals surface area contributed by atoms with Gasteiger partial charge in [0.15, 0.2) is 0 Å². The van der Waals surface area contributed by atoms with E-state index < -0.39 is 0 Å². The number of nitrogens with zero attached hydrogens (tertiary/aromatic N) is 1. The standard InChI is InChI=1S/C19H18N2S/c1-2-21-17-6-4-3-5-15(17)16-11-13(7-8-18(16)21)19(20)14-9-10-22-12-14/h3-12,19H,2,20H2,1H3/t19-/m1/s1. The molecule has 0 saturated carbocycles. The molecule has 2 N–H and O–H groups in total. The first-order chi connectivity index (χ1) is 10.8. The lowest BCUT2D eigenvalue weighted by Crippen LogP contribution is -2.10. The molecule has 0 aliphatic rings. The van der Waals surface area contributed by atoms with Crippen molar-refractivity contribution in [3.8, 4) is 0 Å². The molecule has 2 aromatic carbocycles. The predicted octanol–water partition coefficient (Wildman–Crippen LogP) is 4.92. The van der Waals surface area contributed by atoms with Gasteiger partial charge in [-0.3, -0.25) is 0 Å². The first kappa shape index (κ1) is 13.6. The third-order valence-electron chi connectivity index (χ3n) is 4.37. The van der Waals surface area contributed by atoms with Gasteiger partial charge in [-0.05, 0) is 53.1 Å². The molecule has 0 unspecified atom stereocenters. The Labute approximate surface area is 133 Å². The maximum absolute atomic E-state index is 6.44. The molecule has 0 fully saturated rings. The van der Waals surface area contributed by atoms with Crippen molar-refractivity contribution in [2.24, 2.45) is 5.73 Å². The Morgan fingerprint density at radius 2 is 1.82 bits per heavy atom.